The summed E-state index contributed by atoms with van der Waals surface area (Å²) in [5.74, 6) is 2.40. The Labute approximate surface area is 157 Å². The molecule has 0 aliphatic heterocycles. The molecule has 0 saturated heterocycles. The molecule has 1 amide bonds. The summed E-state index contributed by atoms with van der Waals surface area (Å²) in [4.78, 5) is 17.4. The molecule has 2 fully saturated rings. The Balaban J connectivity index is 1.37. The molecule has 3 nitrogen and oxygen atoms in total. The molecule has 1 heterocycles. The van der Waals surface area contributed by atoms with E-state index in [9.17, 15) is 4.79 Å². The number of anilines is 1. The minimum atomic E-state index is 0.149. The molecule has 3 aromatic rings. The van der Waals surface area contributed by atoms with Gasteiger partial charge in [0.15, 0.2) is 0 Å². The zero-order valence-corrected chi connectivity index (χ0v) is 15.5. The Morgan fingerprint density at radius 1 is 1.08 bits per heavy atom. The molecular weight excluding hydrogens is 340 g/mol. The number of carbonyl (C=O) groups is 1. The lowest BCUT2D eigenvalue weighted by molar-refractivity contribution is -0.117. The number of benzene rings is 2. The van der Waals surface area contributed by atoms with Crippen LogP contribution < -0.4 is 5.32 Å². The van der Waals surface area contributed by atoms with Crippen molar-refractivity contribution in [3.63, 3.8) is 0 Å². The highest BCUT2D eigenvalue weighted by Crippen LogP contribution is 2.49. The monoisotopic (exact) mass is 362 g/mol. The van der Waals surface area contributed by atoms with Crippen molar-refractivity contribution in [2.45, 2.75) is 32.1 Å². The largest absolute Gasteiger partial charge is 0.325 e. The molecule has 132 valence electrons. The summed E-state index contributed by atoms with van der Waals surface area (Å²) in [6, 6.07) is 16.2. The molecule has 26 heavy (non-hydrogen) atoms. The number of amides is 1. The predicted octanol–water partition coefficient (Wildman–Crippen LogP) is 5.73. The number of nitrogens with zero attached hydrogens (tertiary/aromatic N) is 1. The van der Waals surface area contributed by atoms with Gasteiger partial charge in [0.25, 0.3) is 0 Å². The maximum atomic E-state index is 12.7. The molecular formula is C22H22N2OS. The number of hydrogen-bond acceptors (Lipinski definition) is 3. The number of nitrogens with one attached hydrogen (secondary N) is 1. The fraction of sp³-hybridized carbons (Fsp3) is 0.364. The second kappa shape index (κ2) is 6.51. The van der Waals surface area contributed by atoms with Crippen molar-refractivity contribution in [1.29, 1.82) is 0 Å². The van der Waals surface area contributed by atoms with Gasteiger partial charge in [-0.3, -0.25) is 4.79 Å². The van der Waals surface area contributed by atoms with Crippen molar-refractivity contribution in [2.24, 2.45) is 17.8 Å². The van der Waals surface area contributed by atoms with Crippen LogP contribution in [-0.4, -0.2) is 10.9 Å². The first-order valence-electron chi connectivity index (χ1n) is 9.51. The maximum Gasteiger partial charge on any atom is 0.224 e. The van der Waals surface area contributed by atoms with Crippen molar-refractivity contribution < 1.29 is 4.79 Å². The van der Waals surface area contributed by atoms with Gasteiger partial charge in [-0.1, -0.05) is 30.7 Å². The van der Waals surface area contributed by atoms with E-state index in [1.807, 2.05) is 42.5 Å². The highest BCUT2D eigenvalue weighted by atomic mass is 32.1. The molecule has 5 rings (SSSR count). The van der Waals surface area contributed by atoms with Gasteiger partial charge >= 0.3 is 0 Å². The number of hydrogen-bond donors (Lipinski definition) is 1. The molecule has 0 radical (unpaired) electrons. The Morgan fingerprint density at radius 3 is 2.73 bits per heavy atom. The number of thiazole rings is 1. The predicted molar refractivity (Wildman–Crippen MR) is 107 cm³/mol. The zero-order chi connectivity index (χ0) is 17.5. The second-order valence-electron chi connectivity index (χ2n) is 7.72. The average molecular weight is 362 g/mol. The van der Waals surface area contributed by atoms with Gasteiger partial charge < -0.3 is 5.32 Å². The molecule has 2 aliphatic rings. The lowest BCUT2D eigenvalue weighted by atomic mass is 9.86. The fourth-order valence-corrected chi connectivity index (χ4v) is 5.84. The average Bonchev–Trinajstić information content (AvgIpc) is 3.37. The van der Waals surface area contributed by atoms with E-state index in [-0.39, 0.29) is 5.91 Å². The van der Waals surface area contributed by atoms with E-state index in [1.54, 1.807) is 11.3 Å². The summed E-state index contributed by atoms with van der Waals surface area (Å²) in [6.45, 7) is 0. The van der Waals surface area contributed by atoms with Crippen LogP contribution in [0.15, 0.2) is 48.5 Å². The number of fused-ring (bicyclic) bond motifs is 3. The third kappa shape index (κ3) is 2.92. The molecule has 2 saturated carbocycles. The second-order valence-corrected chi connectivity index (χ2v) is 8.75. The number of rotatable bonds is 4. The maximum absolute atomic E-state index is 12.7. The zero-order valence-electron chi connectivity index (χ0n) is 14.7. The first-order chi connectivity index (χ1) is 12.8. The summed E-state index contributed by atoms with van der Waals surface area (Å²) in [5, 5.41) is 4.13. The van der Waals surface area contributed by atoms with Crippen molar-refractivity contribution in [3.8, 4) is 10.6 Å². The number of aromatic nitrogens is 1. The van der Waals surface area contributed by atoms with E-state index >= 15 is 0 Å². The number of carbonyl (C=O) groups excluding carboxylic acids is 1. The lowest BCUT2D eigenvalue weighted by Crippen LogP contribution is -2.20. The fourth-order valence-electron chi connectivity index (χ4n) is 4.83. The van der Waals surface area contributed by atoms with E-state index < -0.39 is 0 Å². The smallest absolute Gasteiger partial charge is 0.224 e. The molecule has 2 aliphatic carbocycles. The van der Waals surface area contributed by atoms with Crippen molar-refractivity contribution >= 4 is 33.1 Å². The first-order valence-corrected chi connectivity index (χ1v) is 10.3. The Morgan fingerprint density at radius 2 is 1.92 bits per heavy atom. The molecule has 0 unspecified atom stereocenters. The van der Waals surface area contributed by atoms with Gasteiger partial charge in [-0.15, -0.1) is 11.3 Å². The molecule has 2 aromatic carbocycles. The molecule has 4 heteroatoms. The first kappa shape index (κ1) is 16.0. The molecule has 1 N–H and O–H groups in total. The van der Waals surface area contributed by atoms with Crippen molar-refractivity contribution in [1.82, 2.24) is 4.98 Å². The van der Waals surface area contributed by atoms with E-state index in [0.29, 0.717) is 12.3 Å². The number of para-hydroxylation sites is 2. The van der Waals surface area contributed by atoms with E-state index in [4.69, 9.17) is 4.98 Å². The van der Waals surface area contributed by atoms with E-state index in [2.05, 4.69) is 11.4 Å². The normalized spacial score (nSPS) is 24.2. The van der Waals surface area contributed by atoms with Crippen LogP contribution in [0, 0.1) is 17.8 Å². The van der Waals surface area contributed by atoms with Crippen LogP contribution in [0.2, 0.25) is 0 Å². The standard InChI is InChI=1S/C22H22N2OS/c25-21(13-16-12-14-9-10-15(16)11-14)23-18-6-2-1-5-17(18)22-24-19-7-3-4-8-20(19)26-22/h1-8,14-16H,9-13H2,(H,23,25)/t14-,15-,16-/m0/s1. The molecule has 2 bridgehead atoms. The van der Waals surface area contributed by atoms with Crippen LogP contribution in [0.5, 0.6) is 0 Å². The summed E-state index contributed by atoms with van der Waals surface area (Å²) < 4.78 is 1.17. The molecule has 3 atom stereocenters. The Kier molecular flexibility index (Phi) is 4.01. The van der Waals surface area contributed by atoms with Gasteiger partial charge in [-0.2, -0.15) is 0 Å². The molecule has 1 aromatic heterocycles. The van der Waals surface area contributed by atoms with Crippen LogP contribution in [0.3, 0.4) is 0 Å². The highest BCUT2D eigenvalue weighted by Gasteiger charge is 2.40. The SMILES string of the molecule is O=C(C[C@@H]1C[C@H]2CC[C@H]1C2)Nc1ccccc1-c1nc2ccccc2s1. The van der Waals surface area contributed by atoms with E-state index in [1.165, 1.54) is 30.4 Å². The minimum Gasteiger partial charge on any atom is -0.325 e. The van der Waals surface area contributed by atoms with Crippen LogP contribution in [0.25, 0.3) is 20.8 Å². The summed E-state index contributed by atoms with van der Waals surface area (Å²) >= 11 is 1.67. The topological polar surface area (TPSA) is 42.0 Å². The van der Waals surface area contributed by atoms with Crippen LogP contribution >= 0.6 is 11.3 Å². The van der Waals surface area contributed by atoms with Gasteiger partial charge in [-0.25, -0.2) is 4.98 Å². The van der Waals surface area contributed by atoms with Crippen LogP contribution in [0.1, 0.15) is 32.1 Å². The van der Waals surface area contributed by atoms with Crippen molar-refractivity contribution in [2.75, 3.05) is 5.32 Å². The third-order valence-electron chi connectivity index (χ3n) is 6.06. The van der Waals surface area contributed by atoms with Gasteiger partial charge in [0, 0.05) is 12.0 Å². The Bertz CT molecular complexity index is 930. The van der Waals surface area contributed by atoms with E-state index in [0.717, 1.165) is 33.6 Å². The summed E-state index contributed by atoms with van der Waals surface area (Å²) in [5.41, 5.74) is 2.89. The highest BCUT2D eigenvalue weighted by molar-refractivity contribution is 7.21. The van der Waals surface area contributed by atoms with Crippen molar-refractivity contribution in [3.05, 3.63) is 48.5 Å². The Hall–Kier alpha value is -2.20. The van der Waals surface area contributed by atoms with Gasteiger partial charge in [0.1, 0.15) is 5.01 Å². The third-order valence-corrected chi connectivity index (χ3v) is 7.13. The quantitative estimate of drug-likeness (QED) is 0.644. The van der Waals surface area contributed by atoms with Gasteiger partial charge in [-0.05, 0) is 61.3 Å². The van der Waals surface area contributed by atoms with Gasteiger partial charge in [0.2, 0.25) is 5.91 Å². The van der Waals surface area contributed by atoms with Crippen LogP contribution in [-0.2, 0) is 4.79 Å². The van der Waals surface area contributed by atoms with Gasteiger partial charge in [0.05, 0.1) is 15.9 Å². The van der Waals surface area contributed by atoms with Crippen LogP contribution in [0.4, 0.5) is 5.69 Å². The lowest BCUT2D eigenvalue weighted by Gasteiger charge is -2.21. The minimum absolute atomic E-state index is 0.149. The molecule has 0 spiro atoms. The summed E-state index contributed by atoms with van der Waals surface area (Å²) in [7, 11) is 0. The summed E-state index contributed by atoms with van der Waals surface area (Å²) in [6.07, 6.45) is 5.96.